The zero-order valence-corrected chi connectivity index (χ0v) is 12.1. The van der Waals surface area contributed by atoms with Crippen molar-refractivity contribution in [3.63, 3.8) is 0 Å². The number of rotatable bonds is 6. The second-order valence-corrected chi connectivity index (χ2v) is 5.32. The largest absolute Gasteiger partial charge is 0.475 e. The first-order valence-electron chi connectivity index (χ1n) is 6.89. The van der Waals surface area contributed by atoms with Crippen molar-refractivity contribution in [2.24, 2.45) is 0 Å². The fourth-order valence-electron chi connectivity index (χ4n) is 2.21. The lowest BCUT2D eigenvalue weighted by molar-refractivity contribution is 0.0636. The Balaban J connectivity index is 2.35. The van der Waals surface area contributed by atoms with E-state index in [-0.39, 0.29) is 5.82 Å². The molecular weight excluding hydrogens is 270 g/mol. The highest BCUT2D eigenvalue weighted by Crippen LogP contribution is 2.21. The summed E-state index contributed by atoms with van der Waals surface area (Å²) >= 11 is 0. The van der Waals surface area contributed by atoms with Gasteiger partial charge in [0, 0.05) is 11.9 Å². The van der Waals surface area contributed by atoms with Crippen molar-refractivity contribution in [1.29, 1.82) is 0 Å². The number of nitrogens with zero attached hydrogens (tertiary/aromatic N) is 2. The van der Waals surface area contributed by atoms with E-state index in [1.807, 2.05) is 19.1 Å². The fraction of sp³-hybridized carbons (Fsp3) is 0.400. The van der Waals surface area contributed by atoms with E-state index in [0.717, 1.165) is 11.8 Å². The molecule has 112 valence electrons. The minimum absolute atomic E-state index is 0.258. The number of fused-ring (bicyclic) bond motifs is 1. The number of para-hydroxylation sites is 1. The van der Waals surface area contributed by atoms with Crippen LogP contribution in [0.15, 0.2) is 24.3 Å². The molecule has 0 aliphatic heterocycles. The molecule has 1 unspecified atom stereocenters. The number of aromatic nitrogens is 2. The summed E-state index contributed by atoms with van der Waals surface area (Å²) in [6, 6.07) is 7.18. The Morgan fingerprint density at radius 2 is 2.05 bits per heavy atom. The summed E-state index contributed by atoms with van der Waals surface area (Å²) in [5.74, 6) is -1.01. The number of hydrogen-bond donors (Lipinski definition) is 3. The Bertz CT molecular complexity index is 656. The van der Waals surface area contributed by atoms with Gasteiger partial charge in [-0.05, 0) is 25.5 Å². The Hall–Kier alpha value is -2.21. The number of carboxylic acid groups (broad SMARTS) is 1. The molecule has 0 radical (unpaired) electrons. The van der Waals surface area contributed by atoms with E-state index >= 15 is 0 Å². The molecule has 1 aromatic heterocycles. The Kier molecular flexibility index (Phi) is 4.37. The first kappa shape index (κ1) is 15.2. The summed E-state index contributed by atoms with van der Waals surface area (Å²) in [6.45, 7) is 4.03. The van der Waals surface area contributed by atoms with E-state index in [0.29, 0.717) is 24.3 Å². The second kappa shape index (κ2) is 6.05. The average molecular weight is 289 g/mol. The van der Waals surface area contributed by atoms with Crippen molar-refractivity contribution in [2.75, 3.05) is 11.9 Å². The van der Waals surface area contributed by atoms with E-state index in [1.165, 1.54) is 0 Å². The lowest BCUT2D eigenvalue weighted by Crippen LogP contribution is -2.33. The van der Waals surface area contributed by atoms with Gasteiger partial charge in [0.25, 0.3) is 0 Å². The molecule has 0 amide bonds. The van der Waals surface area contributed by atoms with Gasteiger partial charge in [0.05, 0.1) is 11.1 Å². The highest BCUT2D eigenvalue weighted by Gasteiger charge is 2.20. The van der Waals surface area contributed by atoms with Gasteiger partial charge >= 0.3 is 5.97 Å². The minimum atomic E-state index is -1.18. The zero-order chi connectivity index (χ0) is 15.5. The predicted octanol–water partition coefficient (Wildman–Crippen LogP) is 2.29. The van der Waals surface area contributed by atoms with E-state index in [4.69, 9.17) is 5.11 Å². The Morgan fingerprint density at radius 3 is 2.71 bits per heavy atom. The fourth-order valence-corrected chi connectivity index (χ4v) is 2.21. The van der Waals surface area contributed by atoms with Gasteiger partial charge in [-0.3, -0.25) is 0 Å². The van der Waals surface area contributed by atoms with Gasteiger partial charge in [-0.1, -0.05) is 25.5 Å². The summed E-state index contributed by atoms with van der Waals surface area (Å²) in [5.41, 5.74) is -0.313. The van der Waals surface area contributed by atoms with Crippen LogP contribution >= 0.6 is 0 Å². The van der Waals surface area contributed by atoms with E-state index in [1.54, 1.807) is 19.1 Å². The first-order valence-corrected chi connectivity index (χ1v) is 6.89. The van der Waals surface area contributed by atoms with Crippen LogP contribution in [0.25, 0.3) is 10.9 Å². The van der Waals surface area contributed by atoms with Crippen LogP contribution in [0.5, 0.6) is 0 Å². The molecule has 2 aromatic rings. The van der Waals surface area contributed by atoms with Crippen LogP contribution in [0.4, 0.5) is 5.82 Å². The summed E-state index contributed by atoms with van der Waals surface area (Å²) in [4.78, 5) is 19.1. The normalized spacial score (nSPS) is 13.9. The minimum Gasteiger partial charge on any atom is -0.475 e. The van der Waals surface area contributed by atoms with E-state index in [2.05, 4.69) is 15.3 Å². The van der Waals surface area contributed by atoms with Crippen LogP contribution in [-0.4, -0.2) is 38.3 Å². The molecule has 0 saturated carbocycles. The number of hydrogen-bond acceptors (Lipinski definition) is 5. The third kappa shape index (κ3) is 3.66. The van der Waals surface area contributed by atoms with Gasteiger partial charge in [-0.2, -0.15) is 0 Å². The van der Waals surface area contributed by atoms with Crippen molar-refractivity contribution >= 4 is 22.7 Å². The number of aliphatic hydroxyl groups is 1. The summed E-state index contributed by atoms with van der Waals surface area (Å²) < 4.78 is 0. The van der Waals surface area contributed by atoms with Gasteiger partial charge < -0.3 is 15.5 Å². The van der Waals surface area contributed by atoms with Crippen LogP contribution in [0.2, 0.25) is 0 Å². The third-order valence-electron chi connectivity index (χ3n) is 3.22. The van der Waals surface area contributed by atoms with Gasteiger partial charge in [-0.25, -0.2) is 14.8 Å². The molecule has 0 aliphatic rings. The number of carbonyl (C=O) groups is 1. The van der Waals surface area contributed by atoms with Crippen molar-refractivity contribution in [3.8, 4) is 0 Å². The molecule has 2 rings (SSSR count). The van der Waals surface area contributed by atoms with E-state index < -0.39 is 11.6 Å². The number of anilines is 1. The van der Waals surface area contributed by atoms with Gasteiger partial charge in [0.1, 0.15) is 5.82 Å². The maximum Gasteiger partial charge on any atom is 0.374 e. The van der Waals surface area contributed by atoms with Gasteiger partial charge in [0.2, 0.25) is 5.82 Å². The van der Waals surface area contributed by atoms with Crippen LogP contribution in [0, 0.1) is 0 Å². The maximum atomic E-state index is 11.1. The lowest BCUT2D eigenvalue weighted by Gasteiger charge is -2.23. The molecule has 0 fully saturated rings. The molecule has 0 aliphatic carbocycles. The zero-order valence-electron chi connectivity index (χ0n) is 12.1. The quantitative estimate of drug-likeness (QED) is 0.755. The van der Waals surface area contributed by atoms with Crippen molar-refractivity contribution < 1.29 is 15.0 Å². The Morgan fingerprint density at radius 1 is 1.33 bits per heavy atom. The first-order chi connectivity index (χ1) is 9.93. The van der Waals surface area contributed by atoms with Gasteiger partial charge in [-0.15, -0.1) is 0 Å². The van der Waals surface area contributed by atoms with Crippen LogP contribution < -0.4 is 5.32 Å². The van der Waals surface area contributed by atoms with Crippen LogP contribution in [0.1, 0.15) is 37.3 Å². The summed E-state index contributed by atoms with van der Waals surface area (Å²) in [5, 5.41) is 23.1. The third-order valence-corrected chi connectivity index (χ3v) is 3.22. The van der Waals surface area contributed by atoms with Crippen molar-refractivity contribution in [1.82, 2.24) is 9.97 Å². The SMILES string of the molecule is CCCC(C)(O)CNc1nc(C(=O)O)nc2ccccc12. The molecule has 0 spiro atoms. The molecule has 1 heterocycles. The number of nitrogens with one attached hydrogen (secondary N) is 1. The second-order valence-electron chi connectivity index (χ2n) is 5.32. The summed E-state index contributed by atoms with van der Waals surface area (Å²) in [7, 11) is 0. The smallest absolute Gasteiger partial charge is 0.374 e. The molecule has 1 atom stereocenters. The molecule has 0 saturated heterocycles. The monoisotopic (exact) mass is 289 g/mol. The molecule has 21 heavy (non-hydrogen) atoms. The molecule has 3 N–H and O–H groups in total. The molecule has 6 heteroatoms. The number of carboxylic acids is 1. The molecule has 1 aromatic carbocycles. The van der Waals surface area contributed by atoms with Crippen LogP contribution in [-0.2, 0) is 0 Å². The summed E-state index contributed by atoms with van der Waals surface area (Å²) in [6.07, 6.45) is 1.51. The standard InChI is InChI=1S/C15H19N3O3/c1-3-8-15(2,21)9-16-12-10-6-4-5-7-11(10)17-13(18-12)14(19)20/h4-7,21H,3,8-9H2,1-2H3,(H,19,20)(H,16,17,18). The Labute approximate surface area is 122 Å². The molecule has 6 nitrogen and oxygen atoms in total. The lowest BCUT2D eigenvalue weighted by atomic mass is 10.0. The van der Waals surface area contributed by atoms with Gasteiger partial charge in [0.15, 0.2) is 0 Å². The predicted molar refractivity (Wildman–Crippen MR) is 80.5 cm³/mol. The topological polar surface area (TPSA) is 95.3 Å². The highest BCUT2D eigenvalue weighted by atomic mass is 16.4. The highest BCUT2D eigenvalue weighted by molar-refractivity contribution is 5.93. The number of benzene rings is 1. The molecule has 0 bridgehead atoms. The average Bonchev–Trinajstić information content (AvgIpc) is 2.44. The van der Waals surface area contributed by atoms with Crippen LogP contribution in [0.3, 0.4) is 0 Å². The van der Waals surface area contributed by atoms with Crippen molar-refractivity contribution in [2.45, 2.75) is 32.3 Å². The molecular formula is C15H19N3O3. The van der Waals surface area contributed by atoms with Crippen molar-refractivity contribution in [3.05, 3.63) is 30.1 Å². The number of aromatic carboxylic acids is 1. The van der Waals surface area contributed by atoms with E-state index in [9.17, 15) is 9.90 Å². The maximum absolute atomic E-state index is 11.1.